The predicted molar refractivity (Wildman–Crippen MR) is 101 cm³/mol. The summed E-state index contributed by atoms with van der Waals surface area (Å²) in [6.07, 6.45) is 0. The summed E-state index contributed by atoms with van der Waals surface area (Å²) in [5, 5.41) is 8.53. The first-order chi connectivity index (χ1) is 12.0. The van der Waals surface area contributed by atoms with Crippen molar-refractivity contribution in [2.45, 2.75) is 10.3 Å². The first-order valence-electron chi connectivity index (χ1n) is 7.44. The summed E-state index contributed by atoms with van der Waals surface area (Å²) in [4.78, 5) is 0.188. The van der Waals surface area contributed by atoms with Gasteiger partial charge in [-0.25, -0.2) is 8.42 Å². The average molecular weight is 439 g/mol. The summed E-state index contributed by atoms with van der Waals surface area (Å²) in [7, 11) is -2.09. The zero-order chi connectivity index (χ0) is 18.0. The zero-order valence-electron chi connectivity index (χ0n) is 13.3. The molecule has 2 aromatic carbocycles. The molecule has 0 bridgehead atoms. The standard InChI is InChI=1S/C17H15BrN2O3S2/c1-23-16-7-4-13(18)10-15(16)17-20(8-9-24-17)25(21,22)14-5-2-12(11-19)3-6-14/h2-7,10,17H,8-9H2,1H3. The lowest BCUT2D eigenvalue weighted by atomic mass is 10.2. The van der Waals surface area contributed by atoms with Gasteiger partial charge in [0.15, 0.2) is 0 Å². The van der Waals surface area contributed by atoms with Crippen LogP contribution in [0, 0.1) is 11.3 Å². The van der Waals surface area contributed by atoms with Gasteiger partial charge in [0.2, 0.25) is 10.0 Å². The second-order valence-electron chi connectivity index (χ2n) is 5.36. The van der Waals surface area contributed by atoms with E-state index >= 15 is 0 Å². The summed E-state index contributed by atoms with van der Waals surface area (Å²) in [5.74, 6) is 1.36. The molecule has 1 unspecified atom stereocenters. The number of methoxy groups -OCH3 is 1. The molecule has 0 aliphatic carbocycles. The van der Waals surface area contributed by atoms with E-state index in [0.29, 0.717) is 23.6 Å². The minimum absolute atomic E-state index is 0.188. The van der Waals surface area contributed by atoms with Gasteiger partial charge < -0.3 is 4.74 Å². The Morgan fingerprint density at radius 3 is 2.64 bits per heavy atom. The van der Waals surface area contributed by atoms with Gasteiger partial charge in [-0.1, -0.05) is 15.9 Å². The molecule has 1 heterocycles. The number of halogens is 1. The molecule has 0 saturated carbocycles. The van der Waals surface area contributed by atoms with E-state index in [0.717, 1.165) is 10.0 Å². The number of rotatable bonds is 4. The highest BCUT2D eigenvalue weighted by molar-refractivity contribution is 9.10. The Kier molecular flexibility index (Phi) is 5.39. The lowest BCUT2D eigenvalue weighted by Gasteiger charge is -2.25. The second kappa shape index (κ2) is 7.38. The molecule has 0 N–H and O–H groups in total. The van der Waals surface area contributed by atoms with Crippen molar-refractivity contribution in [3.8, 4) is 11.8 Å². The van der Waals surface area contributed by atoms with E-state index in [-0.39, 0.29) is 10.3 Å². The van der Waals surface area contributed by atoms with E-state index in [4.69, 9.17) is 10.00 Å². The number of benzene rings is 2. The number of nitriles is 1. The molecule has 25 heavy (non-hydrogen) atoms. The van der Waals surface area contributed by atoms with Gasteiger partial charge in [-0.2, -0.15) is 9.57 Å². The maximum atomic E-state index is 13.1. The van der Waals surface area contributed by atoms with E-state index in [2.05, 4.69) is 15.9 Å². The highest BCUT2D eigenvalue weighted by atomic mass is 79.9. The van der Waals surface area contributed by atoms with E-state index < -0.39 is 10.0 Å². The third kappa shape index (κ3) is 3.55. The number of ether oxygens (including phenoxy) is 1. The van der Waals surface area contributed by atoms with Crippen LogP contribution in [0.1, 0.15) is 16.5 Å². The fraction of sp³-hybridized carbons (Fsp3) is 0.235. The molecule has 0 radical (unpaired) electrons. The number of sulfonamides is 1. The molecule has 1 atom stereocenters. The molecule has 0 aromatic heterocycles. The number of thioether (sulfide) groups is 1. The molecule has 5 nitrogen and oxygen atoms in total. The molecule has 1 saturated heterocycles. The Hall–Kier alpha value is -1.53. The fourth-order valence-corrected chi connectivity index (χ4v) is 6.31. The molecule has 2 aromatic rings. The highest BCUT2D eigenvalue weighted by Gasteiger charge is 2.38. The van der Waals surface area contributed by atoms with Crippen molar-refractivity contribution in [3.05, 3.63) is 58.1 Å². The van der Waals surface area contributed by atoms with Crippen molar-refractivity contribution in [1.82, 2.24) is 4.31 Å². The molecule has 0 amide bonds. The van der Waals surface area contributed by atoms with Crippen LogP contribution < -0.4 is 4.74 Å². The Bertz CT molecular complexity index is 924. The average Bonchev–Trinajstić information content (AvgIpc) is 3.12. The van der Waals surface area contributed by atoms with Gasteiger partial charge in [0, 0.05) is 22.3 Å². The van der Waals surface area contributed by atoms with Gasteiger partial charge in [-0.3, -0.25) is 0 Å². The lowest BCUT2D eigenvalue weighted by molar-refractivity contribution is 0.390. The van der Waals surface area contributed by atoms with Gasteiger partial charge in [-0.15, -0.1) is 11.8 Å². The lowest BCUT2D eigenvalue weighted by Crippen LogP contribution is -2.30. The van der Waals surface area contributed by atoms with Gasteiger partial charge in [0.05, 0.1) is 29.0 Å². The van der Waals surface area contributed by atoms with Crippen molar-refractivity contribution in [1.29, 1.82) is 5.26 Å². The molecule has 1 aliphatic rings. The molecular weight excluding hydrogens is 424 g/mol. The van der Waals surface area contributed by atoms with E-state index in [1.165, 1.54) is 28.6 Å². The molecular formula is C17H15BrN2O3S2. The van der Waals surface area contributed by atoms with Crippen LogP contribution in [0.3, 0.4) is 0 Å². The van der Waals surface area contributed by atoms with Crippen molar-refractivity contribution in [2.75, 3.05) is 19.4 Å². The van der Waals surface area contributed by atoms with E-state index in [9.17, 15) is 8.42 Å². The van der Waals surface area contributed by atoms with Crippen LogP contribution in [0.15, 0.2) is 51.8 Å². The highest BCUT2D eigenvalue weighted by Crippen LogP contribution is 2.45. The largest absolute Gasteiger partial charge is 0.496 e. The summed E-state index contributed by atoms with van der Waals surface area (Å²) in [6, 6.07) is 13.6. The zero-order valence-corrected chi connectivity index (χ0v) is 16.6. The number of hydrogen-bond donors (Lipinski definition) is 0. The topological polar surface area (TPSA) is 70.4 Å². The van der Waals surface area contributed by atoms with E-state index in [1.54, 1.807) is 18.9 Å². The summed E-state index contributed by atoms with van der Waals surface area (Å²) in [6.45, 7) is 0.424. The summed E-state index contributed by atoms with van der Waals surface area (Å²) in [5.41, 5.74) is 1.25. The smallest absolute Gasteiger partial charge is 0.244 e. The first kappa shape index (κ1) is 18.3. The molecule has 1 fully saturated rings. The molecule has 3 rings (SSSR count). The Morgan fingerprint density at radius 2 is 2.00 bits per heavy atom. The molecule has 8 heteroatoms. The Balaban J connectivity index is 2.01. The van der Waals surface area contributed by atoms with Crippen molar-refractivity contribution in [2.24, 2.45) is 0 Å². The summed E-state index contributed by atoms with van der Waals surface area (Å²) >= 11 is 5.00. The monoisotopic (exact) mass is 438 g/mol. The van der Waals surface area contributed by atoms with Gasteiger partial charge >= 0.3 is 0 Å². The predicted octanol–water partition coefficient (Wildman–Crippen LogP) is 3.77. The van der Waals surface area contributed by atoms with Gasteiger partial charge in [-0.05, 0) is 42.5 Å². The van der Waals surface area contributed by atoms with Crippen molar-refractivity contribution < 1.29 is 13.2 Å². The van der Waals surface area contributed by atoms with Crippen LogP contribution in [0.4, 0.5) is 0 Å². The third-order valence-corrected chi connectivity index (χ3v) is 7.64. The van der Waals surface area contributed by atoms with Crippen molar-refractivity contribution >= 4 is 37.7 Å². The van der Waals surface area contributed by atoms with Crippen LogP contribution >= 0.6 is 27.7 Å². The van der Waals surface area contributed by atoms with Crippen LogP contribution in [-0.2, 0) is 10.0 Å². The van der Waals surface area contributed by atoms with Crippen molar-refractivity contribution in [3.63, 3.8) is 0 Å². The maximum absolute atomic E-state index is 13.1. The molecule has 0 spiro atoms. The summed E-state index contributed by atoms with van der Waals surface area (Å²) < 4.78 is 33.9. The Labute approximate surface area is 159 Å². The fourth-order valence-electron chi connectivity index (χ4n) is 2.68. The Morgan fingerprint density at radius 1 is 1.28 bits per heavy atom. The second-order valence-corrected chi connectivity index (χ2v) is 9.36. The van der Waals surface area contributed by atoms with Gasteiger partial charge in [0.25, 0.3) is 0 Å². The van der Waals surface area contributed by atoms with Gasteiger partial charge in [0.1, 0.15) is 5.75 Å². The van der Waals surface area contributed by atoms with Crippen LogP contribution in [0.2, 0.25) is 0 Å². The number of hydrogen-bond acceptors (Lipinski definition) is 5. The van der Waals surface area contributed by atoms with Crippen LogP contribution in [0.25, 0.3) is 0 Å². The maximum Gasteiger partial charge on any atom is 0.244 e. The minimum atomic E-state index is -3.67. The number of nitrogens with zero attached hydrogens (tertiary/aromatic N) is 2. The van der Waals surface area contributed by atoms with Crippen LogP contribution in [-0.4, -0.2) is 32.1 Å². The minimum Gasteiger partial charge on any atom is -0.496 e. The molecule has 130 valence electrons. The third-order valence-electron chi connectivity index (χ3n) is 3.90. The van der Waals surface area contributed by atoms with Crippen LogP contribution in [0.5, 0.6) is 5.75 Å². The normalized spacial score (nSPS) is 18.0. The first-order valence-corrected chi connectivity index (χ1v) is 10.7. The quantitative estimate of drug-likeness (QED) is 0.726. The SMILES string of the molecule is COc1ccc(Br)cc1C1SCCN1S(=O)(=O)c1ccc(C#N)cc1. The molecule has 1 aliphatic heterocycles. The van der Waals surface area contributed by atoms with E-state index in [1.807, 2.05) is 24.3 Å².